The maximum absolute atomic E-state index is 12.4. The summed E-state index contributed by atoms with van der Waals surface area (Å²) >= 11 is 0. The van der Waals surface area contributed by atoms with Gasteiger partial charge in [0, 0.05) is 38.5 Å². The summed E-state index contributed by atoms with van der Waals surface area (Å²) in [6.45, 7) is 6.49. The smallest absolute Gasteiger partial charge is 0.132 e. The molecule has 3 heteroatoms. The average molecular weight is 515 g/mol. The predicted octanol–water partition coefficient (Wildman–Crippen LogP) is 9.73. The lowest BCUT2D eigenvalue weighted by atomic mass is 9.37. The zero-order valence-electron chi connectivity index (χ0n) is 24.8. The highest BCUT2D eigenvalue weighted by atomic mass is 16.1. The van der Waals surface area contributed by atoms with E-state index < -0.39 is 0 Å². The lowest BCUT2D eigenvalue weighted by Crippen LogP contribution is -2.56. The number of unbranched alkanes of at least 4 members (excludes halogenated alkanes) is 3. The number of hydrogen-bond donors (Lipinski definition) is 0. The Morgan fingerprint density at radius 2 is 0.757 bits per heavy atom. The van der Waals surface area contributed by atoms with Gasteiger partial charge >= 0.3 is 0 Å². The van der Waals surface area contributed by atoms with Gasteiger partial charge in [-0.15, -0.1) is 0 Å². The predicted molar refractivity (Wildman–Crippen MR) is 154 cm³/mol. The van der Waals surface area contributed by atoms with Gasteiger partial charge in [0.05, 0.1) is 0 Å². The first kappa shape index (κ1) is 30.6. The van der Waals surface area contributed by atoms with Crippen LogP contribution in [0.5, 0.6) is 0 Å². The van der Waals surface area contributed by atoms with Crippen LogP contribution < -0.4 is 0 Å². The van der Waals surface area contributed by atoms with Gasteiger partial charge in [0.15, 0.2) is 0 Å². The Morgan fingerprint density at radius 1 is 0.486 bits per heavy atom. The van der Waals surface area contributed by atoms with E-state index in [2.05, 4.69) is 20.8 Å². The van der Waals surface area contributed by atoms with Crippen molar-refractivity contribution >= 4 is 17.3 Å². The molecule has 4 bridgehead atoms. The first-order valence-corrected chi connectivity index (χ1v) is 16.3. The summed E-state index contributed by atoms with van der Waals surface area (Å²) in [5.74, 6) is 2.21. The summed E-state index contributed by atoms with van der Waals surface area (Å²) in [5, 5.41) is 0. The number of carbonyl (C=O) groups excluding carboxylic acids is 3. The molecule has 0 heterocycles. The van der Waals surface area contributed by atoms with Crippen molar-refractivity contribution in [2.45, 2.75) is 175 Å². The number of carbonyl (C=O) groups is 3. The normalized spacial score (nSPS) is 30.1. The second-order valence-corrected chi connectivity index (χ2v) is 14.0. The van der Waals surface area contributed by atoms with Crippen LogP contribution in [0, 0.1) is 22.2 Å². The molecule has 4 saturated carbocycles. The molecule has 4 fully saturated rings. The minimum Gasteiger partial charge on any atom is -0.300 e. The Labute approximate surface area is 228 Å². The van der Waals surface area contributed by atoms with Gasteiger partial charge in [-0.3, -0.25) is 14.4 Å². The Hall–Kier alpha value is -0.990. The third kappa shape index (κ3) is 9.03. The van der Waals surface area contributed by atoms with E-state index in [0.29, 0.717) is 33.6 Å². The molecule has 3 nitrogen and oxygen atoms in total. The third-order valence-corrected chi connectivity index (χ3v) is 10.3. The largest absolute Gasteiger partial charge is 0.300 e. The monoisotopic (exact) mass is 514 g/mol. The molecule has 0 N–H and O–H groups in total. The number of hydrogen-bond acceptors (Lipinski definition) is 3. The van der Waals surface area contributed by atoms with Gasteiger partial charge in [-0.2, -0.15) is 0 Å². The summed E-state index contributed by atoms with van der Waals surface area (Å²) in [6, 6.07) is 0. The number of ketones is 3. The summed E-state index contributed by atoms with van der Waals surface area (Å²) in [6.07, 6.45) is 25.9. The van der Waals surface area contributed by atoms with Crippen LogP contribution in [-0.4, -0.2) is 17.3 Å². The van der Waals surface area contributed by atoms with E-state index in [4.69, 9.17) is 0 Å². The molecule has 0 amide bonds. The van der Waals surface area contributed by atoms with E-state index in [0.717, 1.165) is 102 Å². The van der Waals surface area contributed by atoms with Crippen molar-refractivity contribution in [3.05, 3.63) is 0 Å². The molecule has 0 aromatic rings. The van der Waals surface area contributed by atoms with E-state index in [1.54, 1.807) is 0 Å². The standard InChI is InChI=1S/C34H58O3/c1-4-7-13-29(35)16-10-19-32-22-28-23-33(25-32,20-11-17-30(36)14-8-5-2)27-34(24-28,26-32)21-12-18-31(37)15-9-6-3/h28H,4-27H2,1-3H3. The van der Waals surface area contributed by atoms with Gasteiger partial charge < -0.3 is 0 Å². The van der Waals surface area contributed by atoms with Crippen LogP contribution in [0.25, 0.3) is 0 Å². The van der Waals surface area contributed by atoms with Crippen molar-refractivity contribution in [1.82, 2.24) is 0 Å². The molecule has 0 aromatic heterocycles. The minimum atomic E-state index is 0.406. The number of rotatable bonds is 21. The topological polar surface area (TPSA) is 51.2 Å². The van der Waals surface area contributed by atoms with Crippen LogP contribution in [-0.2, 0) is 14.4 Å². The molecule has 0 aromatic carbocycles. The first-order valence-electron chi connectivity index (χ1n) is 16.3. The van der Waals surface area contributed by atoms with Crippen LogP contribution >= 0.6 is 0 Å². The number of Topliss-reactive ketones (excluding diaryl/α,β-unsaturated/α-hetero) is 3. The molecule has 0 spiro atoms. The summed E-state index contributed by atoms with van der Waals surface area (Å²) < 4.78 is 0. The molecule has 4 rings (SSSR count). The van der Waals surface area contributed by atoms with Crippen molar-refractivity contribution in [3.63, 3.8) is 0 Å². The zero-order valence-corrected chi connectivity index (χ0v) is 24.8. The zero-order chi connectivity index (χ0) is 26.8. The fourth-order valence-corrected chi connectivity index (χ4v) is 9.38. The Morgan fingerprint density at radius 3 is 1.03 bits per heavy atom. The Balaban J connectivity index is 1.64. The quantitative estimate of drug-likeness (QED) is 0.153. The van der Waals surface area contributed by atoms with Crippen molar-refractivity contribution in [2.24, 2.45) is 22.2 Å². The van der Waals surface area contributed by atoms with Crippen LogP contribution in [0.1, 0.15) is 175 Å². The molecule has 0 unspecified atom stereocenters. The van der Waals surface area contributed by atoms with Crippen molar-refractivity contribution in [1.29, 1.82) is 0 Å². The Kier molecular flexibility index (Phi) is 11.9. The highest BCUT2D eigenvalue weighted by Crippen LogP contribution is 2.73. The molecule has 0 radical (unpaired) electrons. The molecule has 0 atom stereocenters. The molecule has 4 aliphatic rings. The van der Waals surface area contributed by atoms with E-state index in [1.807, 2.05) is 0 Å². The van der Waals surface area contributed by atoms with Crippen LogP contribution in [0.3, 0.4) is 0 Å². The SMILES string of the molecule is CCCCC(=O)CCCC12CC3CC(CCCC(=O)CCCC)(C1)CC(CCCC(=O)CCCC)(C3)C2. The molecule has 212 valence electrons. The van der Waals surface area contributed by atoms with Crippen LogP contribution in [0.15, 0.2) is 0 Å². The molecule has 37 heavy (non-hydrogen) atoms. The lowest BCUT2D eigenvalue weighted by Gasteiger charge is -2.67. The maximum atomic E-state index is 12.4. The fraction of sp³-hybridized carbons (Fsp3) is 0.912. The van der Waals surface area contributed by atoms with E-state index in [9.17, 15) is 14.4 Å². The van der Waals surface area contributed by atoms with Crippen molar-refractivity contribution < 1.29 is 14.4 Å². The van der Waals surface area contributed by atoms with Crippen LogP contribution in [0.4, 0.5) is 0 Å². The molecular weight excluding hydrogens is 456 g/mol. The third-order valence-electron chi connectivity index (χ3n) is 10.3. The fourth-order valence-electron chi connectivity index (χ4n) is 9.38. The highest BCUT2D eigenvalue weighted by molar-refractivity contribution is 5.79. The lowest BCUT2D eigenvalue weighted by molar-refractivity contribution is -0.169. The maximum Gasteiger partial charge on any atom is 0.132 e. The molecule has 0 aliphatic heterocycles. The van der Waals surface area contributed by atoms with Crippen LogP contribution in [0.2, 0.25) is 0 Å². The highest BCUT2D eigenvalue weighted by Gasteiger charge is 2.61. The first-order chi connectivity index (χ1) is 17.8. The summed E-state index contributed by atoms with van der Waals surface area (Å²) in [4.78, 5) is 37.2. The minimum absolute atomic E-state index is 0.406. The van der Waals surface area contributed by atoms with E-state index in [-0.39, 0.29) is 0 Å². The molecular formula is C34H58O3. The van der Waals surface area contributed by atoms with E-state index in [1.165, 1.54) is 57.8 Å². The average Bonchev–Trinajstić information content (AvgIpc) is 2.83. The second kappa shape index (κ2) is 14.4. The summed E-state index contributed by atoms with van der Waals surface area (Å²) in [5.41, 5.74) is 1.22. The van der Waals surface area contributed by atoms with Gasteiger partial charge in [-0.05, 0) is 118 Å². The van der Waals surface area contributed by atoms with Crippen molar-refractivity contribution in [3.8, 4) is 0 Å². The molecule has 4 aliphatic carbocycles. The molecule has 0 saturated heterocycles. The van der Waals surface area contributed by atoms with Gasteiger partial charge in [-0.1, -0.05) is 40.0 Å². The second-order valence-electron chi connectivity index (χ2n) is 14.0. The van der Waals surface area contributed by atoms with E-state index >= 15 is 0 Å². The van der Waals surface area contributed by atoms with Gasteiger partial charge in [0.25, 0.3) is 0 Å². The Bertz CT molecular complexity index is 644. The van der Waals surface area contributed by atoms with Gasteiger partial charge in [-0.25, -0.2) is 0 Å². The summed E-state index contributed by atoms with van der Waals surface area (Å²) in [7, 11) is 0. The van der Waals surface area contributed by atoms with Gasteiger partial charge in [0.1, 0.15) is 17.3 Å². The van der Waals surface area contributed by atoms with Gasteiger partial charge in [0.2, 0.25) is 0 Å². The van der Waals surface area contributed by atoms with Crippen molar-refractivity contribution in [2.75, 3.05) is 0 Å².